The van der Waals surface area contributed by atoms with Gasteiger partial charge in [0.1, 0.15) is 0 Å². The summed E-state index contributed by atoms with van der Waals surface area (Å²) in [7, 11) is 0. The molecule has 2 saturated heterocycles. The molecule has 0 aliphatic carbocycles. The Morgan fingerprint density at radius 1 is 1.18 bits per heavy atom. The van der Waals surface area contributed by atoms with Gasteiger partial charge in [0.2, 0.25) is 0 Å². The lowest BCUT2D eigenvalue weighted by molar-refractivity contribution is -0.0139. The van der Waals surface area contributed by atoms with E-state index in [0.717, 1.165) is 50.7 Å². The Hall–Kier alpha value is -1.63. The highest BCUT2D eigenvalue weighted by atomic mass is 16.5. The van der Waals surface area contributed by atoms with Gasteiger partial charge in [-0.05, 0) is 51.3 Å². The van der Waals surface area contributed by atoms with Gasteiger partial charge in [0.15, 0.2) is 5.96 Å². The summed E-state index contributed by atoms with van der Waals surface area (Å²) in [5.74, 6) is 0.891. The van der Waals surface area contributed by atoms with Gasteiger partial charge in [0.05, 0.1) is 13.2 Å². The summed E-state index contributed by atoms with van der Waals surface area (Å²) in [6.45, 7) is 8.50. The summed E-state index contributed by atoms with van der Waals surface area (Å²) in [5.41, 5.74) is 1.28. The number of hydrogen-bond donors (Lipinski definition) is 3. The zero-order valence-corrected chi connectivity index (χ0v) is 17.2. The molecule has 1 unspecified atom stereocenters. The monoisotopic (exact) mass is 388 g/mol. The van der Waals surface area contributed by atoms with Crippen LogP contribution in [0.25, 0.3) is 0 Å². The van der Waals surface area contributed by atoms with E-state index in [0.29, 0.717) is 6.54 Å². The number of rotatable bonds is 8. The van der Waals surface area contributed by atoms with Crippen LogP contribution in [0.5, 0.6) is 0 Å². The number of ether oxygens (including phenoxy) is 1. The molecule has 6 nitrogen and oxygen atoms in total. The molecule has 2 fully saturated rings. The summed E-state index contributed by atoms with van der Waals surface area (Å²) in [4.78, 5) is 7.61. The van der Waals surface area contributed by atoms with E-state index in [1.54, 1.807) is 0 Å². The first-order valence-electron chi connectivity index (χ1n) is 10.8. The van der Waals surface area contributed by atoms with Gasteiger partial charge in [0.25, 0.3) is 0 Å². The van der Waals surface area contributed by atoms with Gasteiger partial charge >= 0.3 is 0 Å². The molecule has 1 atom stereocenters. The average molecular weight is 389 g/mol. The van der Waals surface area contributed by atoms with Crippen molar-refractivity contribution < 1.29 is 9.84 Å². The summed E-state index contributed by atoms with van der Waals surface area (Å²) in [6.07, 6.45) is 4.69. The third-order valence-electron chi connectivity index (χ3n) is 6.08. The van der Waals surface area contributed by atoms with Gasteiger partial charge in [-0.25, -0.2) is 0 Å². The van der Waals surface area contributed by atoms with Crippen molar-refractivity contribution in [2.75, 3.05) is 52.5 Å². The van der Waals surface area contributed by atoms with E-state index < -0.39 is 0 Å². The predicted molar refractivity (Wildman–Crippen MR) is 114 cm³/mol. The number of aliphatic hydroxyl groups excluding tert-OH is 1. The molecule has 2 heterocycles. The lowest BCUT2D eigenvalue weighted by Gasteiger charge is -2.43. The summed E-state index contributed by atoms with van der Waals surface area (Å²) >= 11 is 0. The Balaban J connectivity index is 1.65. The maximum atomic E-state index is 9.82. The predicted octanol–water partition coefficient (Wildman–Crippen LogP) is 1.96. The van der Waals surface area contributed by atoms with Crippen molar-refractivity contribution >= 4 is 5.96 Å². The molecular weight excluding hydrogens is 352 g/mol. The molecule has 1 aromatic rings. The number of likely N-dealkylation sites (tertiary alicyclic amines) is 1. The topological polar surface area (TPSA) is 69.1 Å². The first-order chi connectivity index (χ1) is 13.8. The fourth-order valence-electron chi connectivity index (χ4n) is 4.32. The van der Waals surface area contributed by atoms with Gasteiger partial charge in [-0.1, -0.05) is 30.3 Å². The first-order valence-corrected chi connectivity index (χ1v) is 10.8. The van der Waals surface area contributed by atoms with Crippen LogP contribution in [0, 0.1) is 0 Å². The lowest BCUT2D eigenvalue weighted by atomic mass is 9.88. The maximum Gasteiger partial charge on any atom is 0.191 e. The molecule has 0 saturated carbocycles. The van der Waals surface area contributed by atoms with Gasteiger partial charge in [0, 0.05) is 37.8 Å². The van der Waals surface area contributed by atoms with E-state index in [2.05, 4.69) is 34.6 Å². The standard InChI is InChI=1S/C22H36N4O2/c1-2-23-21(24-16-20(17-27)19-8-4-3-5-9-19)25-18-22(10-14-28-15-11-22)26-12-6-7-13-26/h3-5,8-9,20,27H,2,6-7,10-18H2,1H3,(H2,23,24,25). The van der Waals surface area contributed by atoms with Crippen LogP contribution in [0.2, 0.25) is 0 Å². The minimum Gasteiger partial charge on any atom is -0.396 e. The molecule has 28 heavy (non-hydrogen) atoms. The van der Waals surface area contributed by atoms with Crippen LogP contribution in [0.4, 0.5) is 0 Å². The molecule has 1 aromatic carbocycles. The number of nitrogens with one attached hydrogen (secondary N) is 2. The van der Waals surface area contributed by atoms with Crippen molar-refractivity contribution in [1.82, 2.24) is 15.5 Å². The molecule has 2 aliphatic heterocycles. The van der Waals surface area contributed by atoms with Crippen LogP contribution in [0.15, 0.2) is 35.3 Å². The molecule has 2 aliphatic rings. The number of nitrogens with zero attached hydrogens (tertiary/aromatic N) is 2. The SMILES string of the molecule is CCNC(=NCC1(N2CCCC2)CCOCC1)NCC(CO)c1ccccc1. The fraction of sp³-hybridized carbons (Fsp3) is 0.682. The average Bonchev–Trinajstić information content (AvgIpc) is 3.29. The minimum absolute atomic E-state index is 0.0562. The zero-order valence-electron chi connectivity index (χ0n) is 17.2. The largest absolute Gasteiger partial charge is 0.396 e. The molecular formula is C22H36N4O2. The lowest BCUT2D eigenvalue weighted by Crippen LogP contribution is -2.54. The van der Waals surface area contributed by atoms with Gasteiger partial charge in [-0.15, -0.1) is 0 Å². The Labute approximate surface area is 169 Å². The number of aliphatic imine (C=N–C) groups is 1. The third kappa shape index (κ3) is 5.46. The van der Waals surface area contributed by atoms with Crippen LogP contribution < -0.4 is 10.6 Å². The smallest absolute Gasteiger partial charge is 0.191 e. The molecule has 156 valence electrons. The molecule has 0 bridgehead atoms. The van der Waals surface area contributed by atoms with Crippen molar-refractivity contribution in [3.8, 4) is 0 Å². The summed E-state index contributed by atoms with van der Waals surface area (Å²) < 4.78 is 5.65. The van der Waals surface area contributed by atoms with Gasteiger partial charge in [-0.3, -0.25) is 9.89 Å². The maximum absolute atomic E-state index is 9.82. The number of hydrogen-bond acceptors (Lipinski definition) is 4. The van der Waals surface area contributed by atoms with Crippen LogP contribution in [0.1, 0.15) is 44.1 Å². The molecule has 3 rings (SSSR count). The molecule has 6 heteroatoms. The highest BCUT2D eigenvalue weighted by Crippen LogP contribution is 2.31. The highest BCUT2D eigenvalue weighted by Gasteiger charge is 2.39. The fourth-order valence-corrected chi connectivity index (χ4v) is 4.32. The Kier molecular flexibility index (Phi) is 8.13. The Bertz CT molecular complexity index is 596. The second kappa shape index (κ2) is 10.8. The molecule has 0 amide bonds. The van der Waals surface area contributed by atoms with Crippen LogP contribution >= 0.6 is 0 Å². The molecule has 0 aromatic heterocycles. The van der Waals surface area contributed by atoms with E-state index in [1.165, 1.54) is 25.9 Å². The van der Waals surface area contributed by atoms with Crippen molar-refractivity contribution in [2.24, 2.45) is 4.99 Å². The summed E-state index contributed by atoms with van der Waals surface area (Å²) in [6, 6.07) is 10.2. The Morgan fingerprint density at radius 3 is 2.54 bits per heavy atom. The highest BCUT2D eigenvalue weighted by molar-refractivity contribution is 5.79. The van der Waals surface area contributed by atoms with Gasteiger partial charge in [-0.2, -0.15) is 0 Å². The molecule has 0 spiro atoms. The third-order valence-corrected chi connectivity index (χ3v) is 6.08. The van der Waals surface area contributed by atoms with E-state index >= 15 is 0 Å². The quantitative estimate of drug-likeness (QED) is 0.469. The van der Waals surface area contributed by atoms with Crippen LogP contribution in [0.3, 0.4) is 0 Å². The van der Waals surface area contributed by atoms with E-state index in [-0.39, 0.29) is 18.1 Å². The summed E-state index contributed by atoms with van der Waals surface area (Å²) in [5, 5.41) is 16.6. The van der Waals surface area contributed by atoms with E-state index in [4.69, 9.17) is 9.73 Å². The van der Waals surface area contributed by atoms with Gasteiger partial charge < -0.3 is 20.5 Å². The van der Waals surface area contributed by atoms with Crippen molar-refractivity contribution in [1.29, 1.82) is 0 Å². The second-order valence-electron chi connectivity index (χ2n) is 7.90. The second-order valence-corrected chi connectivity index (χ2v) is 7.90. The van der Waals surface area contributed by atoms with Crippen LogP contribution in [-0.2, 0) is 4.74 Å². The van der Waals surface area contributed by atoms with Crippen molar-refractivity contribution in [3.63, 3.8) is 0 Å². The molecule has 3 N–H and O–H groups in total. The first kappa shape index (κ1) is 21.1. The number of aliphatic hydroxyl groups is 1. The zero-order chi connectivity index (χ0) is 19.7. The Morgan fingerprint density at radius 2 is 1.89 bits per heavy atom. The van der Waals surface area contributed by atoms with E-state index in [9.17, 15) is 5.11 Å². The normalized spacial score (nSPS) is 21.4. The van der Waals surface area contributed by atoms with Crippen molar-refractivity contribution in [2.45, 2.75) is 44.1 Å². The van der Waals surface area contributed by atoms with E-state index in [1.807, 2.05) is 18.2 Å². The number of guanidine groups is 1. The van der Waals surface area contributed by atoms with Crippen molar-refractivity contribution in [3.05, 3.63) is 35.9 Å². The molecule has 0 radical (unpaired) electrons. The minimum atomic E-state index is 0.0562. The number of benzene rings is 1. The van der Waals surface area contributed by atoms with Crippen LogP contribution in [-0.4, -0.2) is 74.0 Å².